The molecule has 1 atom stereocenters. The number of hydrogen-bond acceptors (Lipinski definition) is 1. The molecule has 0 radical (unpaired) electrons. The lowest BCUT2D eigenvalue weighted by molar-refractivity contribution is -0.137. The zero-order valence-electron chi connectivity index (χ0n) is 13.5. The molecule has 0 spiro atoms. The van der Waals surface area contributed by atoms with Crippen molar-refractivity contribution >= 4 is 5.97 Å². The van der Waals surface area contributed by atoms with Crippen molar-refractivity contribution in [1.29, 1.82) is 0 Å². The van der Waals surface area contributed by atoms with E-state index in [0.29, 0.717) is 5.92 Å². The maximum Gasteiger partial charge on any atom is 0.303 e. The van der Waals surface area contributed by atoms with Gasteiger partial charge < -0.3 is 5.11 Å². The Morgan fingerprint density at radius 2 is 1.62 bits per heavy atom. The van der Waals surface area contributed by atoms with Crippen molar-refractivity contribution in [2.45, 2.75) is 58.8 Å². The summed E-state index contributed by atoms with van der Waals surface area (Å²) in [7, 11) is 0. The first-order valence-electron chi connectivity index (χ1n) is 8.00. The maximum atomic E-state index is 10.4. The third-order valence-corrected chi connectivity index (χ3v) is 3.01. The number of aliphatic carboxylic acids is 1. The van der Waals surface area contributed by atoms with Crippen LogP contribution in [-0.2, 0) is 4.79 Å². The maximum absolute atomic E-state index is 10.4. The molecule has 0 heterocycles. The van der Waals surface area contributed by atoms with E-state index in [9.17, 15) is 4.79 Å². The minimum atomic E-state index is -0.711. The van der Waals surface area contributed by atoms with E-state index in [2.05, 4.69) is 62.5 Å². The normalized spacial score (nSPS) is 14.0. The van der Waals surface area contributed by atoms with Crippen LogP contribution in [0.2, 0.25) is 0 Å². The first-order valence-corrected chi connectivity index (χ1v) is 8.00. The highest BCUT2D eigenvalue weighted by molar-refractivity contribution is 5.66. The van der Waals surface area contributed by atoms with E-state index in [1.54, 1.807) is 0 Å². The van der Waals surface area contributed by atoms with Crippen LogP contribution in [0.5, 0.6) is 0 Å². The van der Waals surface area contributed by atoms with Crippen molar-refractivity contribution in [3.63, 3.8) is 0 Å². The van der Waals surface area contributed by atoms with Crippen molar-refractivity contribution in [2.24, 2.45) is 5.92 Å². The minimum Gasteiger partial charge on any atom is -0.481 e. The number of carboxylic acid groups (broad SMARTS) is 1. The van der Waals surface area contributed by atoms with Gasteiger partial charge in [-0.1, -0.05) is 62.5 Å². The van der Waals surface area contributed by atoms with E-state index < -0.39 is 5.97 Å². The summed E-state index contributed by atoms with van der Waals surface area (Å²) in [5.74, 6) is -0.194. The summed E-state index contributed by atoms with van der Waals surface area (Å²) in [5.41, 5.74) is 0. The van der Waals surface area contributed by atoms with Gasteiger partial charge in [-0.25, -0.2) is 0 Å². The van der Waals surface area contributed by atoms with E-state index >= 15 is 0 Å². The molecule has 0 aliphatic carbocycles. The Bertz CT molecular complexity index is 362. The molecular formula is C19H30O2. The highest BCUT2D eigenvalue weighted by atomic mass is 16.4. The van der Waals surface area contributed by atoms with E-state index in [0.717, 1.165) is 38.5 Å². The standard InChI is InChI=1S/C19H30O2/c1-3-4-5-6-7-8-9-10-12-15-18(2)16-13-11-14-17-19(20)21/h4-5,7-8,10,12-13,16,18H,3,6,9,11,14-15,17H2,1-2H3,(H,20,21)/b5-4-,8-7-,12-10-,16-13+. The average molecular weight is 290 g/mol. The molecule has 0 saturated heterocycles. The van der Waals surface area contributed by atoms with Crippen molar-refractivity contribution in [3.8, 4) is 0 Å². The largest absolute Gasteiger partial charge is 0.481 e. The Morgan fingerprint density at radius 1 is 1.00 bits per heavy atom. The third kappa shape index (κ3) is 16.4. The van der Waals surface area contributed by atoms with Gasteiger partial charge in [0.25, 0.3) is 0 Å². The molecule has 0 aromatic rings. The van der Waals surface area contributed by atoms with Gasteiger partial charge in [0.15, 0.2) is 0 Å². The molecule has 0 aromatic carbocycles. The van der Waals surface area contributed by atoms with Crippen LogP contribution >= 0.6 is 0 Å². The molecule has 1 N–H and O–H groups in total. The second-order valence-electron chi connectivity index (χ2n) is 5.22. The lowest BCUT2D eigenvalue weighted by Gasteiger charge is -2.00. The molecule has 0 aliphatic heterocycles. The Balaban J connectivity index is 3.60. The van der Waals surface area contributed by atoms with Crippen LogP contribution < -0.4 is 0 Å². The number of unbranched alkanes of at least 4 members (excludes halogenated alkanes) is 1. The van der Waals surface area contributed by atoms with Crippen LogP contribution in [-0.4, -0.2) is 11.1 Å². The zero-order valence-corrected chi connectivity index (χ0v) is 13.5. The van der Waals surface area contributed by atoms with Gasteiger partial charge in [-0.15, -0.1) is 0 Å². The van der Waals surface area contributed by atoms with Crippen LogP contribution in [0, 0.1) is 5.92 Å². The zero-order chi connectivity index (χ0) is 15.8. The summed E-state index contributed by atoms with van der Waals surface area (Å²) in [6.45, 7) is 4.33. The second kappa shape index (κ2) is 14.8. The van der Waals surface area contributed by atoms with Gasteiger partial charge in [0, 0.05) is 6.42 Å². The topological polar surface area (TPSA) is 37.3 Å². The Morgan fingerprint density at radius 3 is 2.24 bits per heavy atom. The molecule has 0 aromatic heterocycles. The van der Waals surface area contributed by atoms with Gasteiger partial charge in [0.1, 0.15) is 0 Å². The monoisotopic (exact) mass is 290 g/mol. The van der Waals surface area contributed by atoms with Gasteiger partial charge in [-0.3, -0.25) is 4.79 Å². The molecule has 2 heteroatoms. The van der Waals surface area contributed by atoms with Crippen molar-refractivity contribution < 1.29 is 9.90 Å². The quantitative estimate of drug-likeness (QED) is 0.371. The molecular weight excluding hydrogens is 260 g/mol. The molecule has 2 nitrogen and oxygen atoms in total. The lowest BCUT2D eigenvalue weighted by Crippen LogP contribution is -1.92. The molecule has 0 saturated carbocycles. The van der Waals surface area contributed by atoms with E-state index in [4.69, 9.17) is 5.11 Å². The second-order valence-corrected chi connectivity index (χ2v) is 5.22. The molecule has 0 bridgehead atoms. The fraction of sp³-hybridized carbons (Fsp3) is 0.526. The van der Waals surface area contributed by atoms with Gasteiger partial charge in [0.2, 0.25) is 0 Å². The Hall–Kier alpha value is -1.57. The fourth-order valence-corrected chi connectivity index (χ4v) is 1.80. The van der Waals surface area contributed by atoms with Crippen LogP contribution in [0.25, 0.3) is 0 Å². The number of carbonyl (C=O) groups is 1. The SMILES string of the molecule is CC/C=C\C/C=C\C/C=C\CC(C)/C=C/CCCC(=O)O. The number of carboxylic acids is 1. The Labute approximate surface area is 130 Å². The van der Waals surface area contributed by atoms with Crippen LogP contribution in [0.4, 0.5) is 0 Å². The number of hydrogen-bond donors (Lipinski definition) is 1. The Kier molecular flexibility index (Phi) is 13.7. The van der Waals surface area contributed by atoms with Crippen molar-refractivity contribution in [1.82, 2.24) is 0 Å². The van der Waals surface area contributed by atoms with Gasteiger partial charge in [-0.2, -0.15) is 0 Å². The average Bonchev–Trinajstić information content (AvgIpc) is 2.45. The van der Waals surface area contributed by atoms with E-state index in [1.165, 1.54) is 0 Å². The molecule has 0 fully saturated rings. The van der Waals surface area contributed by atoms with Crippen molar-refractivity contribution in [2.75, 3.05) is 0 Å². The molecule has 0 aliphatic rings. The lowest BCUT2D eigenvalue weighted by atomic mass is 10.1. The van der Waals surface area contributed by atoms with E-state index in [-0.39, 0.29) is 6.42 Å². The minimum absolute atomic E-state index is 0.262. The first-order chi connectivity index (χ1) is 10.2. The van der Waals surface area contributed by atoms with Crippen LogP contribution in [0.1, 0.15) is 58.8 Å². The predicted molar refractivity (Wildman–Crippen MR) is 91.4 cm³/mol. The number of allylic oxidation sites excluding steroid dienone is 8. The summed E-state index contributed by atoms with van der Waals surface area (Å²) < 4.78 is 0. The summed E-state index contributed by atoms with van der Waals surface area (Å²) in [6.07, 6.45) is 23.5. The summed E-state index contributed by atoms with van der Waals surface area (Å²) in [6, 6.07) is 0. The highest BCUT2D eigenvalue weighted by Crippen LogP contribution is 2.07. The van der Waals surface area contributed by atoms with E-state index in [1.807, 2.05) is 0 Å². The third-order valence-electron chi connectivity index (χ3n) is 3.01. The summed E-state index contributed by atoms with van der Waals surface area (Å²) in [4.78, 5) is 10.4. The smallest absolute Gasteiger partial charge is 0.303 e. The molecule has 1 unspecified atom stereocenters. The summed E-state index contributed by atoms with van der Waals surface area (Å²) >= 11 is 0. The van der Waals surface area contributed by atoms with Gasteiger partial charge >= 0.3 is 5.97 Å². The predicted octanol–water partition coefficient (Wildman–Crippen LogP) is 5.68. The number of rotatable bonds is 12. The fourth-order valence-electron chi connectivity index (χ4n) is 1.80. The van der Waals surface area contributed by atoms with Gasteiger partial charge in [0.05, 0.1) is 0 Å². The molecule has 21 heavy (non-hydrogen) atoms. The van der Waals surface area contributed by atoms with Gasteiger partial charge in [-0.05, 0) is 44.4 Å². The molecule has 118 valence electrons. The highest BCUT2D eigenvalue weighted by Gasteiger charge is 1.95. The molecule has 0 amide bonds. The molecule has 0 rings (SSSR count). The first kappa shape index (κ1) is 19.4. The van der Waals surface area contributed by atoms with Crippen LogP contribution in [0.15, 0.2) is 48.6 Å². The van der Waals surface area contributed by atoms with Crippen LogP contribution in [0.3, 0.4) is 0 Å². The summed E-state index contributed by atoms with van der Waals surface area (Å²) in [5, 5.41) is 8.53. The van der Waals surface area contributed by atoms with Crippen molar-refractivity contribution in [3.05, 3.63) is 48.6 Å².